The Morgan fingerprint density at radius 2 is 1.37 bits per heavy atom. The molecule has 2 aliphatic heterocycles. The maximum Gasteiger partial charge on any atom is 0.266 e. The number of rotatable bonds is 3. The summed E-state index contributed by atoms with van der Waals surface area (Å²) in [5.41, 5.74) is 2.63. The van der Waals surface area contributed by atoms with Gasteiger partial charge in [0.25, 0.3) is 5.91 Å². The third kappa shape index (κ3) is 2.76. The number of imide groups is 1. The Hall–Kier alpha value is -3.95. The van der Waals surface area contributed by atoms with Gasteiger partial charge >= 0.3 is 0 Å². The lowest BCUT2D eigenvalue weighted by Crippen LogP contribution is -2.37. The summed E-state index contributed by atoms with van der Waals surface area (Å²) in [6.45, 7) is 0. The highest BCUT2D eigenvalue weighted by molar-refractivity contribution is 6.23. The summed E-state index contributed by atoms with van der Waals surface area (Å²) < 4.78 is 0. The van der Waals surface area contributed by atoms with Gasteiger partial charge in [0, 0.05) is 0 Å². The minimum Gasteiger partial charge on any atom is -0.273 e. The van der Waals surface area contributed by atoms with Crippen molar-refractivity contribution in [2.75, 3.05) is 9.96 Å². The Kier molecular flexibility index (Phi) is 4.31. The lowest BCUT2D eigenvalue weighted by atomic mass is 9.90. The summed E-state index contributed by atoms with van der Waals surface area (Å²) in [4.78, 5) is 33.9. The van der Waals surface area contributed by atoms with Gasteiger partial charge in [-0.1, -0.05) is 48.5 Å². The number of benzene rings is 3. The van der Waals surface area contributed by atoms with Crippen LogP contribution in [0.25, 0.3) is 0 Å². The van der Waals surface area contributed by atoms with E-state index in [0.717, 1.165) is 11.3 Å². The van der Waals surface area contributed by atoms with E-state index in [1.54, 1.807) is 41.5 Å². The molecule has 0 bridgehead atoms. The molecule has 6 nitrogen and oxygen atoms in total. The molecule has 2 aliphatic rings. The number of hydrogen-bond donors (Lipinski definition) is 0. The second-order valence-corrected chi connectivity index (χ2v) is 7.24. The molecule has 2 heterocycles. The second-order valence-electron chi connectivity index (χ2n) is 7.24. The Bertz CT molecular complexity index is 1140. The van der Waals surface area contributed by atoms with Crippen LogP contribution in [0.15, 0.2) is 84.9 Å². The van der Waals surface area contributed by atoms with Gasteiger partial charge in [-0.3, -0.25) is 14.4 Å². The van der Waals surface area contributed by atoms with Crippen molar-refractivity contribution in [3.63, 3.8) is 0 Å². The first-order valence-corrected chi connectivity index (χ1v) is 9.63. The number of carbonyl (C=O) groups is 2. The topological polar surface area (TPSA) is 73.6 Å². The molecule has 0 N–H and O–H groups in total. The van der Waals surface area contributed by atoms with Gasteiger partial charge < -0.3 is 0 Å². The van der Waals surface area contributed by atoms with Crippen molar-refractivity contribution in [2.45, 2.75) is 12.1 Å². The van der Waals surface area contributed by atoms with Gasteiger partial charge in [0.15, 0.2) is 6.10 Å². The molecule has 2 amide bonds. The molecule has 146 valence electrons. The molecule has 2 saturated heterocycles. The largest absolute Gasteiger partial charge is 0.273 e. The number of nitriles is 1. The van der Waals surface area contributed by atoms with Crippen LogP contribution in [0.3, 0.4) is 0 Å². The summed E-state index contributed by atoms with van der Waals surface area (Å²) in [6, 6.07) is 27.0. The second kappa shape index (κ2) is 7.14. The molecule has 5 rings (SSSR count). The van der Waals surface area contributed by atoms with Crippen molar-refractivity contribution in [3.8, 4) is 6.07 Å². The minimum atomic E-state index is -0.904. The molecule has 0 spiro atoms. The summed E-state index contributed by atoms with van der Waals surface area (Å²) in [6.07, 6.45) is -0.904. The van der Waals surface area contributed by atoms with Gasteiger partial charge in [-0.25, -0.2) is 9.96 Å². The van der Waals surface area contributed by atoms with Crippen molar-refractivity contribution in [2.24, 2.45) is 5.92 Å². The van der Waals surface area contributed by atoms with Crippen molar-refractivity contribution >= 4 is 23.2 Å². The maximum absolute atomic E-state index is 13.4. The quantitative estimate of drug-likeness (QED) is 0.634. The van der Waals surface area contributed by atoms with Gasteiger partial charge in [0.2, 0.25) is 5.91 Å². The fraction of sp³-hybridized carbons (Fsp3) is 0.125. The number of fused-ring (bicyclic) bond motifs is 1. The predicted octanol–water partition coefficient (Wildman–Crippen LogP) is 3.61. The summed E-state index contributed by atoms with van der Waals surface area (Å²) in [5, 5.41) is 10.8. The van der Waals surface area contributed by atoms with E-state index in [4.69, 9.17) is 10.1 Å². The summed E-state index contributed by atoms with van der Waals surface area (Å²) in [7, 11) is 0. The number of para-hydroxylation sites is 2. The molecule has 6 heteroatoms. The summed E-state index contributed by atoms with van der Waals surface area (Å²) in [5.74, 6) is -1.34. The number of amides is 2. The van der Waals surface area contributed by atoms with Crippen molar-refractivity contribution in [3.05, 3.63) is 96.1 Å². The van der Waals surface area contributed by atoms with Crippen LogP contribution in [0.1, 0.15) is 17.2 Å². The Labute approximate surface area is 173 Å². The zero-order valence-electron chi connectivity index (χ0n) is 15.9. The zero-order chi connectivity index (χ0) is 20.7. The van der Waals surface area contributed by atoms with E-state index in [9.17, 15) is 9.59 Å². The van der Waals surface area contributed by atoms with Crippen LogP contribution in [0.5, 0.6) is 0 Å². The molecule has 3 atom stereocenters. The standard InChI is InChI=1S/C24H17N3O3/c25-15-16-11-13-17(14-12-16)21-20-22(30-27(21)19-9-5-2-6-10-19)24(29)26(23(20)28)18-7-3-1-4-8-18/h1-14,20-22H/t20-,21+,22-/m1/s1. The lowest BCUT2D eigenvalue weighted by Gasteiger charge is -2.28. The van der Waals surface area contributed by atoms with Crippen LogP contribution >= 0.6 is 0 Å². The molecule has 3 aromatic rings. The van der Waals surface area contributed by atoms with Gasteiger partial charge in [-0.05, 0) is 42.0 Å². The van der Waals surface area contributed by atoms with Crippen molar-refractivity contribution in [1.29, 1.82) is 5.26 Å². The molecule has 0 aliphatic carbocycles. The molecular formula is C24H17N3O3. The minimum absolute atomic E-state index is 0.288. The Morgan fingerprint density at radius 3 is 1.97 bits per heavy atom. The van der Waals surface area contributed by atoms with Crippen LogP contribution in [-0.4, -0.2) is 17.9 Å². The van der Waals surface area contributed by atoms with E-state index in [1.807, 2.05) is 48.5 Å². The first-order valence-electron chi connectivity index (χ1n) is 9.63. The Morgan fingerprint density at radius 1 is 0.767 bits per heavy atom. The number of carbonyl (C=O) groups excluding carboxylic acids is 2. The van der Waals surface area contributed by atoms with Gasteiger partial charge in [0.05, 0.1) is 29.0 Å². The highest BCUT2D eigenvalue weighted by Crippen LogP contribution is 2.47. The molecule has 3 aromatic carbocycles. The smallest absolute Gasteiger partial charge is 0.266 e. The molecule has 0 saturated carbocycles. The van der Waals surface area contributed by atoms with Gasteiger partial charge in [-0.15, -0.1) is 0 Å². The molecule has 0 aromatic heterocycles. The Balaban J connectivity index is 1.59. The maximum atomic E-state index is 13.4. The van der Waals surface area contributed by atoms with Crippen LogP contribution in [-0.2, 0) is 14.4 Å². The molecule has 0 unspecified atom stereocenters. The van der Waals surface area contributed by atoms with Crippen LogP contribution in [0.2, 0.25) is 0 Å². The lowest BCUT2D eigenvalue weighted by molar-refractivity contribution is -0.126. The highest BCUT2D eigenvalue weighted by atomic mass is 16.7. The monoisotopic (exact) mass is 395 g/mol. The predicted molar refractivity (Wildman–Crippen MR) is 110 cm³/mol. The van der Waals surface area contributed by atoms with E-state index >= 15 is 0 Å². The van der Waals surface area contributed by atoms with Crippen LogP contribution < -0.4 is 9.96 Å². The van der Waals surface area contributed by atoms with Crippen molar-refractivity contribution < 1.29 is 14.4 Å². The van der Waals surface area contributed by atoms with Gasteiger partial charge in [0.1, 0.15) is 5.92 Å². The SMILES string of the molecule is N#Cc1ccc([C@H]2[C@H]3C(=O)N(c4ccccc4)C(=O)[C@@H]3ON2c2ccccc2)cc1. The molecule has 30 heavy (non-hydrogen) atoms. The van der Waals surface area contributed by atoms with E-state index in [-0.39, 0.29) is 11.8 Å². The number of hydrogen-bond acceptors (Lipinski definition) is 5. The number of hydroxylamine groups is 1. The van der Waals surface area contributed by atoms with Crippen LogP contribution in [0, 0.1) is 17.2 Å². The summed E-state index contributed by atoms with van der Waals surface area (Å²) >= 11 is 0. The van der Waals surface area contributed by atoms with E-state index < -0.39 is 18.1 Å². The van der Waals surface area contributed by atoms with E-state index in [0.29, 0.717) is 11.3 Å². The van der Waals surface area contributed by atoms with Gasteiger partial charge in [-0.2, -0.15) is 5.26 Å². The molecule has 2 fully saturated rings. The van der Waals surface area contributed by atoms with Crippen LogP contribution in [0.4, 0.5) is 11.4 Å². The molecular weight excluding hydrogens is 378 g/mol. The normalized spacial score (nSPS) is 22.8. The average molecular weight is 395 g/mol. The van der Waals surface area contributed by atoms with Crippen molar-refractivity contribution in [1.82, 2.24) is 0 Å². The average Bonchev–Trinajstić information content (AvgIpc) is 3.31. The van der Waals surface area contributed by atoms with E-state index in [1.165, 1.54) is 4.90 Å². The number of nitrogens with zero attached hydrogens (tertiary/aromatic N) is 3. The number of anilines is 2. The zero-order valence-corrected chi connectivity index (χ0v) is 15.9. The fourth-order valence-electron chi connectivity index (χ4n) is 4.14. The van der Waals surface area contributed by atoms with E-state index in [2.05, 4.69) is 6.07 Å². The first-order chi connectivity index (χ1) is 14.7. The highest BCUT2D eigenvalue weighted by Gasteiger charge is 2.60. The first kappa shape index (κ1) is 18.1. The fourth-order valence-corrected chi connectivity index (χ4v) is 4.14. The molecule has 0 radical (unpaired) electrons. The third-order valence-corrected chi connectivity index (χ3v) is 5.52. The third-order valence-electron chi connectivity index (χ3n) is 5.52.